The average molecular weight is 690 g/mol. The molecule has 0 radical (unpaired) electrons. The third kappa shape index (κ3) is 9.07. The predicted octanol–water partition coefficient (Wildman–Crippen LogP) is 4.80. The number of hydrogen-bond acceptors (Lipinski definition) is 7. The zero-order chi connectivity index (χ0) is 33.6. The van der Waals surface area contributed by atoms with Crippen LogP contribution in [0.15, 0.2) is 64.9 Å². The number of carbonyl (C=O) groups excluding carboxylic acids is 2. The molecule has 3 amide bonds. The van der Waals surface area contributed by atoms with Gasteiger partial charge in [0, 0.05) is 36.6 Å². The second kappa shape index (κ2) is 15.7. The van der Waals surface area contributed by atoms with Gasteiger partial charge in [-0.05, 0) is 55.0 Å². The van der Waals surface area contributed by atoms with Crippen molar-refractivity contribution in [3.05, 3.63) is 81.3 Å². The molecule has 13 heteroatoms. The molecule has 1 fully saturated rings. The number of carbonyl (C=O) groups is 2. The van der Waals surface area contributed by atoms with Crippen molar-refractivity contribution in [2.45, 2.75) is 70.7 Å². The molecule has 3 aromatic rings. The fourth-order valence-corrected chi connectivity index (χ4v) is 8.03. The van der Waals surface area contributed by atoms with Gasteiger partial charge in [-0.1, -0.05) is 69.6 Å². The summed E-state index contributed by atoms with van der Waals surface area (Å²) < 4.78 is 28.7. The highest BCUT2D eigenvalue weighted by atomic mass is 35.5. The number of sulfonamides is 1. The van der Waals surface area contributed by atoms with Gasteiger partial charge >= 0.3 is 6.03 Å². The maximum absolute atomic E-state index is 14.0. The molecular weight excluding hydrogens is 646 g/mol. The summed E-state index contributed by atoms with van der Waals surface area (Å²) in [6.45, 7) is 10.6. The molecule has 1 saturated heterocycles. The van der Waals surface area contributed by atoms with Crippen molar-refractivity contribution in [1.82, 2.24) is 24.4 Å². The van der Waals surface area contributed by atoms with E-state index in [2.05, 4.69) is 10.3 Å². The Morgan fingerprint density at radius 1 is 1.07 bits per heavy atom. The summed E-state index contributed by atoms with van der Waals surface area (Å²) in [5.74, 6) is -0.646. The lowest BCUT2D eigenvalue weighted by Crippen LogP contribution is -2.57. The standard InChI is InChI=1S/C33H44ClN5O5S2/c1-22(2)18-38(46(43,44)28-13-11-26(34)12-14-28)20-30(40)29(17-25-9-7-6-8-10-25)36-32(41)31(23(3)4)39-16-15-37(33(39)42)19-27-21-45-24(5)35-27/h6-14,21-23,29-31,40H,15-20H2,1-5H3,(H,36,41)/t29-,30+,31?/m0/s1. The third-order valence-electron chi connectivity index (χ3n) is 7.88. The van der Waals surface area contributed by atoms with Crippen LogP contribution >= 0.6 is 22.9 Å². The highest BCUT2D eigenvalue weighted by Crippen LogP contribution is 2.23. The summed E-state index contributed by atoms with van der Waals surface area (Å²) >= 11 is 7.53. The van der Waals surface area contributed by atoms with Gasteiger partial charge in [-0.2, -0.15) is 4.31 Å². The van der Waals surface area contributed by atoms with E-state index >= 15 is 0 Å². The number of nitrogens with zero attached hydrogens (tertiary/aromatic N) is 4. The van der Waals surface area contributed by atoms with Gasteiger partial charge in [-0.15, -0.1) is 11.3 Å². The van der Waals surface area contributed by atoms with Crippen molar-refractivity contribution in [2.24, 2.45) is 11.8 Å². The molecule has 0 spiro atoms. The predicted molar refractivity (Wildman–Crippen MR) is 181 cm³/mol. The Bertz CT molecular complexity index is 1570. The number of amides is 3. The number of aliphatic hydroxyl groups is 1. The lowest BCUT2D eigenvalue weighted by Gasteiger charge is -2.34. The molecule has 0 bridgehead atoms. The summed E-state index contributed by atoms with van der Waals surface area (Å²) in [5, 5.41) is 18.0. The molecule has 1 aliphatic heterocycles. The first kappa shape index (κ1) is 35.8. The van der Waals surface area contributed by atoms with E-state index in [-0.39, 0.29) is 42.3 Å². The number of halogens is 1. The van der Waals surface area contributed by atoms with Gasteiger partial charge in [0.1, 0.15) is 6.04 Å². The largest absolute Gasteiger partial charge is 0.390 e. The van der Waals surface area contributed by atoms with Crippen molar-refractivity contribution in [3.8, 4) is 0 Å². The number of urea groups is 1. The molecule has 2 aromatic carbocycles. The molecule has 0 saturated carbocycles. The second-order valence-electron chi connectivity index (χ2n) is 12.5. The molecule has 1 aliphatic rings. The molecule has 2 N–H and O–H groups in total. The number of thiazole rings is 1. The lowest BCUT2D eigenvalue weighted by molar-refractivity contribution is -0.128. The van der Waals surface area contributed by atoms with Gasteiger partial charge in [0.15, 0.2) is 0 Å². The number of rotatable bonds is 15. The molecule has 0 aliphatic carbocycles. The van der Waals surface area contributed by atoms with Gasteiger partial charge in [-0.3, -0.25) is 4.79 Å². The zero-order valence-corrected chi connectivity index (χ0v) is 29.4. The SMILES string of the molecule is Cc1nc(CN2CCN(C(C(=O)N[C@@H](Cc3ccccc3)[C@H](O)CN(CC(C)C)S(=O)(=O)c3ccc(Cl)cc3)C(C)C)C2=O)cs1. The smallest absolute Gasteiger partial charge is 0.321 e. The van der Waals surface area contributed by atoms with Crippen LogP contribution in [0.3, 0.4) is 0 Å². The van der Waals surface area contributed by atoms with Crippen LogP contribution in [-0.2, 0) is 27.8 Å². The van der Waals surface area contributed by atoms with Crippen LogP contribution < -0.4 is 5.32 Å². The quantitative estimate of drug-likeness (QED) is 0.236. The highest BCUT2D eigenvalue weighted by Gasteiger charge is 2.40. The minimum absolute atomic E-state index is 0.0286. The summed E-state index contributed by atoms with van der Waals surface area (Å²) in [4.78, 5) is 35.3. The molecule has 1 unspecified atom stereocenters. The minimum Gasteiger partial charge on any atom is -0.390 e. The van der Waals surface area contributed by atoms with Gasteiger partial charge in [0.05, 0.1) is 34.3 Å². The van der Waals surface area contributed by atoms with Gasteiger partial charge in [-0.25, -0.2) is 18.2 Å². The van der Waals surface area contributed by atoms with Crippen molar-refractivity contribution < 1.29 is 23.1 Å². The van der Waals surface area contributed by atoms with Crippen molar-refractivity contribution >= 4 is 44.9 Å². The summed E-state index contributed by atoms with van der Waals surface area (Å²) in [6, 6.07) is 13.5. The maximum Gasteiger partial charge on any atom is 0.321 e. The van der Waals surface area contributed by atoms with E-state index in [9.17, 15) is 23.1 Å². The maximum atomic E-state index is 14.0. The van der Waals surface area contributed by atoms with E-state index in [1.54, 1.807) is 9.80 Å². The van der Waals surface area contributed by atoms with Gasteiger partial charge < -0.3 is 20.2 Å². The summed E-state index contributed by atoms with van der Waals surface area (Å²) in [5.41, 5.74) is 1.68. The Kier molecular flexibility index (Phi) is 12.2. The van der Waals surface area contributed by atoms with Crippen LogP contribution in [0.1, 0.15) is 44.0 Å². The van der Waals surface area contributed by atoms with Crippen molar-refractivity contribution in [2.75, 3.05) is 26.2 Å². The van der Waals surface area contributed by atoms with Crippen molar-refractivity contribution in [1.29, 1.82) is 0 Å². The number of nitrogens with one attached hydrogen (secondary N) is 1. The number of hydrogen-bond donors (Lipinski definition) is 2. The molecular formula is C33H44ClN5O5S2. The van der Waals surface area contributed by atoms with Gasteiger partial charge in [0.2, 0.25) is 15.9 Å². The summed E-state index contributed by atoms with van der Waals surface area (Å²) in [7, 11) is -3.98. The Morgan fingerprint density at radius 3 is 2.33 bits per heavy atom. The van der Waals surface area contributed by atoms with Crippen LogP contribution in [-0.4, -0.2) is 88.9 Å². The van der Waals surface area contributed by atoms with Gasteiger partial charge in [0.25, 0.3) is 0 Å². The first-order chi connectivity index (χ1) is 21.8. The molecule has 3 atom stereocenters. The fraction of sp³-hybridized carbons (Fsp3) is 0.485. The average Bonchev–Trinajstić information content (AvgIpc) is 3.57. The minimum atomic E-state index is -3.98. The van der Waals surface area contributed by atoms with E-state index in [0.29, 0.717) is 24.7 Å². The Morgan fingerprint density at radius 2 is 1.74 bits per heavy atom. The molecule has 4 rings (SSSR count). The van der Waals surface area contributed by atoms with E-state index in [1.807, 2.05) is 70.3 Å². The van der Waals surface area contributed by atoms with Crippen molar-refractivity contribution in [3.63, 3.8) is 0 Å². The first-order valence-corrected chi connectivity index (χ1v) is 18.2. The third-order valence-corrected chi connectivity index (χ3v) is 10.8. The van der Waals surface area contributed by atoms with Crippen LogP contribution in [0.5, 0.6) is 0 Å². The molecule has 250 valence electrons. The Hall–Kier alpha value is -3.03. The fourth-order valence-electron chi connectivity index (χ4n) is 5.68. The molecule has 46 heavy (non-hydrogen) atoms. The number of benzene rings is 2. The monoisotopic (exact) mass is 689 g/mol. The normalized spacial score (nSPS) is 16.0. The highest BCUT2D eigenvalue weighted by molar-refractivity contribution is 7.89. The second-order valence-corrected chi connectivity index (χ2v) is 15.9. The first-order valence-electron chi connectivity index (χ1n) is 15.5. The Balaban J connectivity index is 1.56. The molecule has 1 aromatic heterocycles. The molecule has 10 nitrogen and oxygen atoms in total. The number of aromatic nitrogens is 1. The van der Waals surface area contributed by atoms with Crippen LogP contribution in [0.25, 0.3) is 0 Å². The Labute approximate surface area is 281 Å². The van der Waals surface area contributed by atoms with E-state index in [4.69, 9.17) is 11.6 Å². The number of aliphatic hydroxyl groups excluding tert-OH is 1. The van der Waals surface area contributed by atoms with E-state index < -0.39 is 34.1 Å². The molecule has 2 heterocycles. The number of aryl methyl sites for hydroxylation is 1. The zero-order valence-electron chi connectivity index (χ0n) is 27.0. The van der Waals surface area contributed by atoms with Crippen LogP contribution in [0.4, 0.5) is 4.79 Å². The van der Waals surface area contributed by atoms with E-state index in [0.717, 1.165) is 16.3 Å². The lowest BCUT2D eigenvalue weighted by atomic mass is 9.97. The van der Waals surface area contributed by atoms with Crippen LogP contribution in [0, 0.1) is 18.8 Å². The summed E-state index contributed by atoms with van der Waals surface area (Å²) in [6.07, 6.45) is -0.991. The van der Waals surface area contributed by atoms with Crippen LogP contribution in [0.2, 0.25) is 5.02 Å². The van der Waals surface area contributed by atoms with E-state index in [1.165, 1.54) is 39.9 Å². The topological polar surface area (TPSA) is 123 Å².